The van der Waals surface area contributed by atoms with Gasteiger partial charge in [-0.1, -0.05) is 6.08 Å². The summed E-state index contributed by atoms with van der Waals surface area (Å²) in [6, 6.07) is 6.28. The summed E-state index contributed by atoms with van der Waals surface area (Å²) in [7, 11) is 1.52. The van der Waals surface area contributed by atoms with Gasteiger partial charge in [0.05, 0.1) is 29.8 Å². The minimum atomic E-state index is -5.04. The van der Waals surface area contributed by atoms with Crippen molar-refractivity contribution < 1.29 is 35.9 Å². The second kappa shape index (κ2) is 10.9. The van der Waals surface area contributed by atoms with E-state index in [-0.39, 0.29) is 18.0 Å². The third-order valence-electron chi connectivity index (χ3n) is 7.99. The van der Waals surface area contributed by atoms with Crippen LogP contribution in [0.5, 0.6) is 5.75 Å². The predicted molar refractivity (Wildman–Crippen MR) is 141 cm³/mol. The van der Waals surface area contributed by atoms with Crippen molar-refractivity contribution in [1.82, 2.24) is 15.2 Å². The average molecular weight is 579 g/mol. The Morgan fingerprint density at radius 3 is 2.39 bits per heavy atom. The van der Waals surface area contributed by atoms with Crippen LogP contribution in [-0.2, 0) is 12.4 Å². The lowest BCUT2D eigenvalue weighted by Gasteiger charge is -2.51. The fourth-order valence-corrected chi connectivity index (χ4v) is 5.99. The Bertz CT molecular complexity index is 1430. The van der Waals surface area contributed by atoms with E-state index in [0.717, 1.165) is 25.9 Å². The largest absolute Gasteiger partial charge is 0.497 e. The number of urea groups is 1. The monoisotopic (exact) mass is 578 g/mol. The van der Waals surface area contributed by atoms with Crippen molar-refractivity contribution in [3.05, 3.63) is 78.0 Å². The normalized spacial score (nSPS) is 23.2. The lowest BCUT2D eigenvalue weighted by molar-refractivity contribution is -0.143. The Balaban J connectivity index is 1.51. The molecule has 218 valence electrons. The number of nitrogens with one attached hydrogen (secondary N) is 2. The highest BCUT2D eigenvalue weighted by atomic mass is 19.4. The molecular formula is C29H28F6N4O2. The summed E-state index contributed by atoms with van der Waals surface area (Å²) in [4.78, 5) is 19.9. The number of alkyl halides is 6. The van der Waals surface area contributed by atoms with E-state index in [1.807, 2.05) is 6.08 Å². The summed E-state index contributed by atoms with van der Waals surface area (Å²) < 4.78 is 85.7. The van der Waals surface area contributed by atoms with Crippen molar-refractivity contribution in [2.45, 2.75) is 37.3 Å². The topological polar surface area (TPSA) is 66.5 Å². The maximum atomic E-state index is 13.4. The molecule has 2 bridgehead atoms. The standard InChI is InChI=1S/C29H28F6N4O2/c1-3-16-15-39-9-7-17(16)10-25(39)26(22-6-8-36-24-5-4-21(41-2)14-23(22)24)38-27(40)37-20-12-18(28(30,31)32)11-19(13-20)29(33,34)35/h3-6,8,11-14,16-17,25-26H,1,7,9-10,15H2,2H3,(H2,37,38,40)/t16-,17-,25-,26+/m0/s1. The average Bonchev–Trinajstić information content (AvgIpc) is 2.94. The van der Waals surface area contributed by atoms with Crippen LogP contribution >= 0.6 is 0 Å². The van der Waals surface area contributed by atoms with Crippen molar-refractivity contribution in [3.63, 3.8) is 0 Å². The number of fused-ring (bicyclic) bond motifs is 4. The van der Waals surface area contributed by atoms with Crippen LogP contribution in [-0.4, -0.2) is 42.2 Å². The van der Waals surface area contributed by atoms with E-state index < -0.39 is 41.2 Å². The van der Waals surface area contributed by atoms with Crippen LogP contribution < -0.4 is 15.4 Å². The lowest BCUT2D eigenvalue weighted by Crippen LogP contribution is -2.57. The van der Waals surface area contributed by atoms with E-state index in [2.05, 4.69) is 27.1 Å². The molecule has 3 fully saturated rings. The highest BCUT2D eigenvalue weighted by Gasteiger charge is 2.43. The van der Waals surface area contributed by atoms with Crippen molar-refractivity contribution in [2.24, 2.45) is 11.8 Å². The molecule has 5 atom stereocenters. The number of methoxy groups -OCH3 is 1. The molecular weight excluding hydrogens is 550 g/mol. The van der Waals surface area contributed by atoms with Crippen LogP contribution in [0.4, 0.5) is 36.8 Å². The smallest absolute Gasteiger partial charge is 0.416 e. The number of anilines is 1. The molecule has 3 saturated heterocycles. The summed E-state index contributed by atoms with van der Waals surface area (Å²) >= 11 is 0. The van der Waals surface area contributed by atoms with Gasteiger partial charge in [-0.3, -0.25) is 9.88 Å². The fraction of sp³-hybridized carbons (Fsp3) is 0.379. The highest BCUT2D eigenvalue weighted by Crippen LogP contribution is 2.43. The number of carbonyl (C=O) groups is 1. The minimum Gasteiger partial charge on any atom is -0.497 e. The second-order valence-corrected chi connectivity index (χ2v) is 10.4. The number of carbonyl (C=O) groups excluding carboxylic acids is 1. The maximum absolute atomic E-state index is 13.4. The van der Waals surface area contributed by atoms with E-state index in [0.29, 0.717) is 40.3 Å². The molecule has 41 heavy (non-hydrogen) atoms. The molecule has 3 aliphatic rings. The second-order valence-electron chi connectivity index (χ2n) is 10.4. The Kier molecular flexibility index (Phi) is 7.62. The van der Waals surface area contributed by atoms with Crippen molar-refractivity contribution in [3.8, 4) is 5.75 Å². The molecule has 6 rings (SSSR count). The fourth-order valence-electron chi connectivity index (χ4n) is 5.99. The molecule has 0 radical (unpaired) electrons. The van der Waals surface area contributed by atoms with E-state index >= 15 is 0 Å². The third kappa shape index (κ3) is 5.97. The number of hydrogen-bond acceptors (Lipinski definition) is 4. The summed E-state index contributed by atoms with van der Waals surface area (Å²) in [6.07, 6.45) is -4.87. The molecule has 0 aliphatic carbocycles. The summed E-state index contributed by atoms with van der Waals surface area (Å²) in [5.41, 5.74) is -2.31. The van der Waals surface area contributed by atoms with Gasteiger partial charge in [-0.15, -0.1) is 6.58 Å². The number of rotatable bonds is 6. The maximum Gasteiger partial charge on any atom is 0.416 e. The number of aromatic nitrogens is 1. The lowest BCUT2D eigenvalue weighted by atomic mass is 9.73. The molecule has 2 aromatic carbocycles. The van der Waals surface area contributed by atoms with Gasteiger partial charge in [0.2, 0.25) is 0 Å². The molecule has 1 aromatic heterocycles. The first-order chi connectivity index (χ1) is 19.4. The minimum absolute atomic E-state index is 0.0183. The molecule has 2 N–H and O–H groups in total. The number of amides is 2. The van der Waals surface area contributed by atoms with Crippen LogP contribution in [0.15, 0.2) is 61.3 Å². The molecule has 4 heterocycles. The van der Waals surface area contributed by atoms with Gasteiger partial charge in [-0.05, 0) is 79.3 Å². The Labute approximate surface area is 232 Å². The first-order valence-electron chi connectivity index (χ1n) is 13.0. The first-order valence-corrected chi connectivity index (χ1v) is 13.0. The van der Waals surface area contributed by atoms with E-state index in [1.165, 1.54) is 7.11 Å². The van der Waals surface area contributed by atoms with Crippen molar-refractivity contribution in [2.75, 3.05) is 25.5 Å². The number of halogens is 6. The van der Waals surface area contributed by atoms with Crippen LogP contribution in [0, 0.1) is 11.8 Å². The van der Waals surface area contributed by atoms with Gasteiger partial charge in [0, 0.05) is 29.9 Å². The van der Waals surface area contributed by atoms with E-state index in [4.69, 9.17) is 4.74 Å². The SMILES string of the molecule is C=C[C@H]1CN2CC[C@H]1C[C@H]2[C@H](NC(=O)Nc1cc(C(F)(F)F)cc(C(F)(F)F)c1)c1ccnc2ccc(OC)cc12. The van der Waals surface area contributed by atoms with Gasteiger partial charge in [0.1, 0.15) is 5.75 Å². The molecule has 12 heteroatoms. The van der Waals surface area contributed by atoms with Crippen LogP contribution in [0.3, 0.4) is 0 Å². The molecule has 6 nitrogen and oxygen atoms in total. The van der Waals surface area contributed by atoms with Gasteiger partial charge in [0.15, 0.2) is 0 Å². The number of pyridine rings is 1. The molecule has 3 aromatic rings. The molecule has 0 saturated carbocycles. The van der Waals surface area contributed by atoms with Gasteiger partial charge in [-0.2, -0.15) is 26.3 Å². The summed E-state index contributed by atoms with van der Waals surface area (Å²) in [6.45, 7) is 5.46. The van der Waals surface area contributed by atoms with Crippen LogP contribution in [0.1, 0.15) is 35.6 Å². The van der Waals surface area contributed by atoms with Crippen LogP contribution in [0.25, 0.3) is 10.9 Å². The zero-order valence-corrected chi connectivity index (χ0v) is 22.0. The summed E-state index contributed by atoms with van der Waals surface area (Å²) in [5, 5.41) is 5.79. The van der Waals surface area contributed by atoms with Crippen molar-refractivity contribution >= 4 is 22.6 Å². The number of nitrogens with zero attached hydrogens (tertiary/aromatic N) is 2. The summed E-state index contributed by atoms with van der Waals surface area (Å²) in [5.74, 6) is 1.18. The van der Waals surface area contributed by atoms with Crippen LogP contribution in [0.2, 0.25) is 0 Å². The van der Waals surface area contributed by atoms with Gasteiger partial charge in [-0.25, -0.2) is 4.79 Å². The Hall–Kier alpha value is -3.80. The number of benzene rings is 2. The van der Waals surface area contributed by atoms with Gasteiger partial charge in [0.25, 0.3) is 0 Å². The molecule has 2 amide bonds. The number of ether oxygens (including phenoxy) is 1. The zero-order valence-electron chi connectivity index (χ0n) is 22.0. The van der Waals surface area contributed by atoms with E-state index in [1.54, 1.807) is 30.5 Å². The quantitative estimate of drug-likeness (QED) is 0.243. The number of piperidine rings is 3. The van der Waals surface area contributed by atoms with Crippen molar-refractivity contribution in [1.29, 1.82) is 0 Å². The zero-order chi connectivity index (χ0) is 29.5. The van der Waals surface area contributed by atoms with E-state index in [9.17, 15) is 31.1 Å². The third-order valence-corrected chi connectivity index (χ3v) is 7.99. The molecule has 3 aliphatic heterocycles. The molecule has 1 unspecified atom stereocenters. The molecule has 0 spiro atoms. The Morgan fingerprint density at radius 1 is 1.10 bits per heavy atom. The van der Waals surface area contributed by atoms with Gasteiger partial charge >= 0.3 is 18.4 Å². The predicted octanol–water partition coefficient (Wildman–Crippen LogP) is 7.04. The van der Waals surface area contributed by atoms with Gasteiger partial charge < -0.3 is 15.4 Å². The highest BCUT2D eigenvalue weighted by molar-refractivity contribution is 5.91. The number of hydrogen-bond donors (Lipinski definition) is 2. The first kappa shape index (κ1) is 28.7. The Morgan fingerprint density at radius 2 is 1.80 bits per heavy atom.